The van der Waals surface area contributed by atoms with Crippen LogP contribution in [-0.4, -0.2) is 15.4 Å². The zero-order chi connectivity index (χ0) is 5.44. The summed E-state index contributed by atoms with van der Waals surface area (Å²) >= 11 is 6.37. The SMILES string of the molecule is O=C1C(Br)CC1Br. The zero-order valence-electron chi connectivity index (χ0n) is 3.53. The lowest BCUT2D eigenvalue weighted by Crippen LogP contribution is -2.38. The molecule has 1 aliphatic carbocycles. The Bertz CT molecular complexity index is 91.9. The summed E-state index contributed by atoms with van der Waals surface area (Å²) in [6.07, 6.45) is 0.943. The second-order valence-corrected chi connectivity index (χ2v) is 3.78. The van der Waals surface area contributed by atoms with Crippen LogP contribution in [0.3, 0.4) is 0 Å². The summed E-state index contributed by atoms with van der Waals surface area (Å²) in [5.74, 6) is 0.278. The van der Waals surface area contributed by atoms with E-state index in [0.717, 1.165) is 6.42 Å². The Morgan fingerprint density at radius 2 is 1.86 bits per heavy atom. The molecule has 0 heterocycles. The Balaban J connectivity index is 2.44. The van der Waals surface area contributed by atoms with E-state index in [4.69, 9.17) is 0 Å². The molecule has 3 heteroatoms. The van der Waals surface area contributed by atoms with Crippen molar-refractivity contribution in [1.82, 2.24) is 0 Å². The van der Waals surface area contributed by atoms with Gasteiger partial charge in [-0.25, -0.2) is 0 Å². The van der Waals surface area contributed by atoms with Crippen molar-refractivity contribution in [3.8, 4) is 0 Å². The lowest BCUT2D eigenvalue weighted by molar-refractivity contribution is -0.121. The predicted octanol–water partition coefficient (Wildman–Crippen LogP) is 1.49. The first-order valence-electron chi connectivity index (χ1n) is 2.03. The summed E-state index contributed by atoms with van der Waals surface area (Å²) in [6.45, 7) is 0. The number of hydrogen-bond donors (Lipinski definition) is 0. The second-order valence-electron chi connectivity index (χ2n) is 1.57. The normalized spacial score (nSPS) is 40.6. The van der Waals surface area contributed by atoms with E-state index in [0.29, 0.717) is 0 Å². The first kappa shape index (κ1) is 5.76. The van der Waals surface area contributed by atoms with E-state index < -0.39 is 0 Å². The number of ketones is 1. The molecule has 1 aliphatic rings. The number of rotatable bonds is 0. The average Bonchev–Trinajstić information content (AvgIpc) is 1.68. The number of halogens is 2. The maximum absolute atomic E-state index is 10.5. The molecule has 0 aromatic heterocycles. The summed E-state index contributed by atoms with van der Waals surface area (Å²) in [5.41, 5.74) is 0. The largest absolute Gasteiger partial charge is 0.297 e. The highest BCUT2D eigenvalue weighted by Crippen LogP contribution is 2.28. The Morgan fingerprint density at radius 1 is 1.43 bits per heavy atom. The zero-order valence-corrected chi connectivity index (χ0v) is 6.70. The Morgan fingerprint density at radius 3 is 1.86 bits per heavy atom. The molecule has 1 saturated carbocycles. The molecule has 40 valence electrons. The number of Topliss-reactive ketones (excluding diaryl/α,β-unsaturated/α-hetero) is 1. The highest BCUT2D eigenvalue weighted by molar-refractivity contribution is 9.11. The standard InChI is InChI=1S/C4H4Br2O/c5-2-1-3(6)4(2)7/h2-3H,1H2. The molecule has 7 heavy (non-hydrogen) atoms. The van der Waals surface area contributed by atoms with E-state index in [1.54, 1.807) is 0 Å². The molecule has 0 amide bonds. The van der Waals surface area contributed by atoms with Gasteiger partial charge >= 0.3 is 0 Å². The van der Waals surface area contributed by atoms with Gasteiger partial charge in [0.25, 0.3) is 0 Å². The van der Waals surface area contributed by atoms with Crippen LogP contribution in [0.25, 0.3) is 0 Å². The molecule has 0 spiro atoms. The molecular formula is C4H4Br2O. The van der Waals surface area contributed by atoms with Gasteiger partial charge in [0.2, 0.25) is 0 Å². The van der Waals surface area contributed by atoms with E-state index in [1.807, 2.05) is 0 Å². The van der Waals surface area contributed by atoms with Crippen LogP contribution >= 0.6 is 31.9 Å². The highest BCUT2D eigenvalue weighted by atomic mass is 79.9. The van der Waals surface area contributed by atoms with Crippen molar-refractivity contribution in [3.63, 3.8) is 0 Å². The molecule has 0 radical (unpaired) electrons. The van der Waals surface area contributed by atoms with Crippen molar-refractivity contribution in [1.29, 1.82) is 0 Å². The fraction of sp³-hybridized carbons (Fsp3) is 0.750. The van der Waals surface area contributed by atoms with Crippen LogP contribution in [0.2, 0.25) is 0 Å². The lowest BCUT2D eigenvalue weighted by atomic mass is 9.98. The summed E-state index contributed by atoms with van der Waals surface area (Å²) in [4.78, 5) is 10.7. The van der Waals surface area contributed by atoms with Crippen LogP contribution in [-0.2, 0) is 4.79 Å². The third-order valence-corrected chi connectivity index (χ3v) is 2.68. The quantitative estimate of drug-likeness (QED) is 0.574. The van der Waals surface area contributed by atoms with Crippen LogP contribution in [0.4, 0.5) is 0 Å². The molecule has 1 nitrogen and oxygen atoms in total. The van der Waals surface area contributed by atoms with Gasteiger partial charge in [-0.15, -0.1) is 0 Å². The molecule has 0 saturated heterocycles. The van der Waals surface area contributed by atoms with E-state index in [2.05, 4.69) is 31.9 Å². The second kappa shape index (κ2) is 1.86. The van der Waals surface area contributed by atoms with Gasteiger partial charge in [-0.05, 0) is 6.42 Å². The van der Waals surface area contributed by atoms with Crippen LogP contribution < -0.4 is 0 Å². The van der Waals surface area contributed by atoms with Crippen molar-refractivity contribution in [2.24, 2.45) is 0 Å². The molecule has 2 atom stereocenters. The minimum absolute atomic E-state index is 0.136. The van der Waals surface area contributed by atoms with E-state index in [-0.39, 0.29) is 15.4 Å². The van der Waals surface area contributed by atoms with Crippen LogP contribution in [0.15, 0.2) is 0 Å². The Labute approximate surface area is 58.7 Å². The Hall–Kier alpha value is 0.630. The molecule has 0 bridgehead atoms. The van der Waals surface area contributed by atoms with Crippen molar-refractivity contribution in [3.05, 3.63) is 0 Å². The van der Waals surface area contributed by atoms with Crippen molar-refractivity contribution in [2.75, 3.05) is 0 Å². The predicted molar refractivity (Wildman–Crippen MR) is 35.1 cm³/mol. The molecule has 1 rings (SSSR count). The summed E-state index contributed by atoms with van der Waals surface area (Å²) in [7, 11) is 0. The molecule has 0 aromatic carbocycles. The minimum Gasteiger partial charge on any atom is -0.297 e. The highest BCUT2D eigenvalue weighted by Gasteiger charge is 2.34. The van der Waals surface area contributed by atoms with E-state index in [1.165, 1.54) is 0 Å². The van der Waals surface area contributed by atoms with Crippen LogP contribution in [0.5, 0.6) is 0 Å². The first-order valence-corrected chi connectivity index (χ1v) is 3.87. The van der Waals surface area contributed by atoms with Gasteiger partial charge in [0, 0.05) is 0 Å². The van der Waals surface area contributed by atoms with Crippen molar-refractivity contribution < 1.29 is 4.79 Å². The van der Waals surface area contributed by atoms with Gasteiger partial charge in [0.05, 0.1) is 9.65 Å². The summed E-state index contributed by atoms with van der Waals surface area (Å²) < 4.78 is 0. The maximum atomic E-state index is 10.5. The molecular weight excluding hydrogens is 224 g/mol. The van der Waals surface area contributed by atoms with Gasteiger partial charge in [-0.3, -0.25) is 4.79 Å². The lowest BCUT2D eigenvalue weighted by Gasteiger charge is -2.23. The van der Waals surface area contributed by atoms with Gasteiger partial charge in [0.1, 0.15) is 0 Å². The Kier molecular flexibility index (Phi) is 1.53. The summed E-state index contributed by atoms with van der Waals surface area (Å²) in [6, 6.07) is 0. The van der Waals surface area contributed by atoms with Crippen LogP contribution in [0.1, 0.15) is 6.42 Å². The van der Waals surface area contributed by atoms with Gasteiger partial charge < -0.3 is 0 Å². The number of carbonyl (C=O) groups is 1. The third kappa shape index (κ3) is 0.891. The molecule has 2 unspecified atom stereocenters. The van der Waals surface area contributed by atoms with Gasteiger partial charge in [0.15, 0.2) is 5.78 Å². The monoisotopic (exact) mass is 226 g/mol. The number of carbonyl (C=O) groups excluding carboxylic acids is 1. The number of alkyl halides is 2. The van der Waals surface area contributed by atoms with Crippen molar-refractivity contribution >= 4 is 37.6 Å². The topological polar surface area (TPSA) is 17.1 Å². The fourth-order valence-corrected chi connectivity index (χ4v) is 2.69. The minimum atomic E-state index is 0.136. The first-order chi connectivity index (χ1) is 3.22. The maximum Gasteiger partial charge on any atom is 0.160 e. The van der Waals surface area contributed by atoms with Crippen LogP contribution in [0, 0.1) is 0 Å². The smallest absolute Gasteiger partial charge is 0.160 e. The van der Waals surface area contributed by atoms with Crippen molar-refractivity contribution in [2.45, 2.75) is 16.1 Å². The summed E-state index contributed by atoms with van der Waals surface area (Å²) in [5, 5.41) is 0. The number of hydrogen-bond acceptors (Lipinski definition) is 1. The molecule has 0 aliphatic heterocycles. The van der Waals surface area contributed by atoms with E-state index in [9.17, 15) is 4.79 Å². The molecule has 0 aromatic rings. The van der Waals surface area contributed by atoms with Gasteiger partial charge in [-0.2, -0.15) is 0 Å². The molecule has 0 N–H and O–H groups in total. The van der Waals surface area contributed by atoms with E-state index >= 15 is 0 Å². The fourth-order valence-electron chi connectivity index (χ4n) is 0.450. The molecule has 1 fully saturated rings. The van der Waals surface area contributed by atoms with Gasteiger partial charge in [-0.1, -0.05) is 31.9 Å². The third-order valence-electron chi connectivity index (χ3n) is 1.03. The average molecular weight is 228 g/mol.